The Morgan fingerprint density at radius 3 is 2.67 bits per heavy atom. The number of oxazole rings is 1. The Kier molecular flexibility index (Phi) is 4.59. The minimum absolute atomic E-state index is 0.0258. The van der Waals surface area contributed by atoms with Gasteiger partial charge in [0, 0.05) is 25.3 Å². The summed E-state index contributed by atoms with van der Waals surface area (Å²) in [6.07, 6.45) is 1.90. The molecule has 1 aliphatic heterocycles. The molecule has 1 saturated heterocycles. The van der Waals surface area contributed by atoms with E-state index in [4.69, 9.17) is 4.42 Å². The van der Waals surface area contributed by atoms with Crippen LogP contribution >= 0.6 is 0 Å². The van der Waals surface area contributed by atoms with Gasteiger partial charge in [0.15, 0.2) is 5.58 Å². The Labute approximate surface area is 157 Å². The molecular weight excluding hydrogens is 344 g/mol. The quantitative estimate of drug-likeness (QED) is 0.709. The van der Waals surface area contributed by atoms with E-state index in [-0.39, 0.29) is 12.5 Å². The number of benzene rings is 1. The highest BCUT2D eigenvalue weighted by atomic mass is 16.4. The summed E-state index contributed by atoms with van der Waals surface area (Å²) in [5.74, 6) is 0.00158. The topological polar surface area (TPSA) is 73.3 Å². The number of hydrogen-bond donors (Lipinski definition) is 0. The number of amides is 1. The summed E-state index contributed by atoms with van der Waals surface area (Å²) >= 11 is 0. The molecule has 1 aliphatic rings. The Bertz CT molecular complexity index is 1020. The predicted molar refractivity (Wildman–Crippen MR) is 101 cm³/mol. The lowest BCUT2D eigenvalue weighted by atomic mass is 9.96. The van der Waals surface area contributed by atoms with Gasteiger partial charge in [0.1, 0.15) is 6.54 Å². The van der Waals surface area contributed by atoms with E-state index >= 15 is 0 Å². The van der Waals surface area contributed by atoms with E-state index in [1.807, 2.05) is 24.0 Å². The maximum Gasteiger partial charge on any atom is 0.420 e. The Hall–Kier alpha value is -2.83. The molecule has 0 aliphatic carbocycles. The van der Waals surface area contributed by atoms with Gasteiger partial charge < -0.3 is 9.32 Å². The summed E-state index contributed by atoms with van der Waals surface area (Å²) in [6, 6.07) is 9.27. The molecule has 0 bridgehead atoms. The fourth-order valence-corrected chi connectivity index (χ4v) is 3.87. The molecule has 1 aromatic carbocycles. The first kappa shape index (κ1) is 17.6. The highest BCUT2D eigenvalue weighted by Crippen LogP contribution is 2.21. The zero-order chi connectivity index (χ0) is 19.0. The van der Waals surface area contributed by atoms with Gasteiger partial charge in [-0.1, -0.05) is 12.1 Å². The van der Waals surface area contributed by atoms with E-state index in [1.165, 1.54) is 10.3 Å². The van der Waals surface area contributed by atoms with Crippen LogP contribution in [0.1, 0.15) is 24.2 Å². The zero-order valence-corrected chi connectivity index (χ0v) is 15.7. The van der Waals surface area contributed by atoms with E-state index < -0.39 is 5.76 Å². The van der Waals surface area contributed by atoms with Crippen molar-refractivity contribution in [1.82, 2.24) is 19.2 Å². The lowest BCUT2D eigenvalue weighted by molar-refractivity contribution is -0.133. The number of aromatic nitrogens is 3. The summed E-state index contributed by atoms with van der Waals surface area (Å²) in [7, 11) is 0. The van der Waals surface area contributed by atoms with E-state index in [9.17, 15) is 9.59 Å². The van der Waals surface area contributed by atoms with Crippen LogP contribution < -0.4 is 5.76 Å². The number of aryl methyl sites for hydroxylation is 2. The van der Waals surface area contributed by atoms with Gasteiger partial charge in [0.2, 0.25) is 5.91 Å². The van der Waals surface area contributed by atoms with Crippen molar-refractivity contribution in [1.29, 1.82) is 0 Å². The summed E-state index contributed by atoms with van der Waals surface area (Å²) in [5.41, 5.74) is 3.39. The molecule has 7 nitrogen and oxygen atoms in total. The fourth-order valence-electron chi connectivity index (χ4n) is 3.87. The second-order valence-corrected chi connectivity index (χ2v) is 7.36. The fraction of sp³-hybridized carbons (Fsp3) is 0.450. The molecule has 0 radical (unpaired) electrons. The van der Waals surface area contributed by atoms with Gasteiger partial charge in [-0.25, -0.2) is 4.79 Å². The van der Waals surface area contributed by atoms with Gasteiger partial charge in [-0.05, 0) is 50.8 Å². The SMILES string of the molecule is Cc1cc(C)n(CC2CCN(C(=O)Cn3c(=O)oc4ccccc43)CC2)n1. The van der Waals surface area contributed by atoms with Crippen molar-refractivity contribution in [3.05, 3.63) is 52.3 Å². The first-order valence-corrected chi connectivity index (χ1v) is 9.38. The number of fused-ring (bicyclic) bond motifs is 1. The Morgan fingerprint density at radius 1 is 1.22 bits per heavy atom. The average Bonchev–Trinajstić information content (AvgIpc) is 3.14. The third-order valence-corrected chi connectivity index (χ3v) is 5.37. The molecule has 0 N–H and O–H groups in total. The summed E-state index contributed by atoms with van der Waals surface area (Å²) in [5, 5.41) is 4.53. The van der Waals surface area contributed by atoms with Crippen LogP contribution in [0.4, 0.5) is 0 Å². The number of carbonyl (C=O) groups is 1. The number of carbonyl (C=O) groups excluding carboxylic acids is 1. The third-order valence-electron chi connectivity index (χ3n) is 5.37. The van der Waals surface area contributed by atoms with Gasteiger partial charge in [0.05, 0.1) is 11.2 Å². The largest absolute Gasteiger partial charge is 0.420 e. The van der Waals surface area contributed by atoms with Crippen LogP contribution in [0, 0.1) is 19.8 Å². The van der Waals surface area contributed by atoms with Gasteiger partial charge in [-0.2, -0.15) is 5.10 Å². The van der Waals surface area contributed by atoms with Gasteiger partial charge in [-0.3, -0.25) is 14.0 Å². The number of hydrogen-bond acceptors (Lipinski definition) is 4. The maximum atomic E-state index is 12.7. The number of likely N-dealkylation sites (tertiary alicyclic amines) is 1. The molecule has 0 saturated carbocycles. The number of piperidine rings is 1. The first-order chi connectivity index (χ1) is 13.0. The number of rotatable bonds is 4. The highest BCUT2D eigenvalue weighted by Gasteiger charge is 2.24. The molecular formula is C20H24N4O3. The number of nitrogens with zero attached hydrogens (tertiary/aromatic N) is 4. The zero-order valence-electron chi connectivity index (χ0n) is 15.7. The van der Waals surface area contributed by atoms with Crippen LogP contribution in [-0.2, 0) is 17.9 Å². The van der Waals surface area contributed by atoms with Crippen molar-refractivity contribution in [2.24, 2.45) is 5.92 Å². The van der Waals surface area contributed by atoms with Crippen LogP contribution in [0.2, 0.25) is 0 Å². The second kappa shape index (κ2) is 7.06. The minimum Gasteiger partial charge on any atom is -0.408 e. The molecule has 1 fully saturated rings. The molecule has 0 unspecified atom stereocenters. The van der Waals surface area contributed by atoms with Gasteiger partial charge >= 0.3 is 5.76 Å². The van der Waals surface area contributed by atoms with E-state index in [2.05, 4.69) is 22.8 Å². The molecule has 0 atom stereocenters. The molecule has 3 aromatic rings. The molecule has 27 heavy (non-hydrogen) atoms. The predicted octanol–water partition coefficient (Wildman–Crippen LogP) is 2.35. The van der Waals surface area contributed by atoms with E-state index in [1.54, 1.807) is 12.1 Å². The molecule has 2 aromatic heterocycles. The molecule has 0 spiro atoms. The highest BCUT2D eigenvalue weighted by molar-refractivity contribution is 5.79. The smallest absolute Gasteiger partial charge is 0.408 e. The van der Waals surface area contributed by atoms with E-state index in [0.717, 1.165) is 25.1 Å². The summed E-state index contributed by atoms with van der Waals surface area (Å²) in [6.45, 7) is 6.43. The van der Waals surface area contributed by atoms with Crippen LogP contribution in [-0.4, -0.2) is 38.2 Å². The standard InChI is InChI=1S/C20H24N4O3/c1-14-11-15(2)24(21-14)12-16-7-9-22(10-8-16)19(25)13-23-17-5-3-4-6-18(17)27-20(23)26/h3-6,11,16H,7-10,12-13H2,1-2H3. The second-order valence-electron chi connectivity index (χ2n) is 7.36. The molecule has 1 amide bonds. The van der Waals surface area contributed by atoms with Gasteiger partial charge in [0.25, 0.3) is 0 Å². The normalized spacial score (nSPS) is 15.6. The van der Waals surface area contributed by atoms with Crippen molar-refractivity contribution in [3.8, 4) is 0 Å². The lowest BCUT2D eigenvalue weighted by Crippen LogP contribution is -2.41. The third kappa shape index (κ3) is 3.54. The van der Waals surface area contributed by atoms with Crippen molar-refractivity contribution in [3.63, 3.8) is 0 Å². The molecule has 3 heterocycles. The summed E-state index contributed by atoms with van der Waals surface area (Å²) < 4.78 is 8.69. The lowest BCUT2D eigenvalue weighted by Gasteiger charge is -2.32. The monoisotopic (exact) mass is 368 g/mol. The number of para-hydroxylation sites is 2. The Balaban J connectivity index is 1.38. The van der Waals surface area contributed by atoms with Crippen molar-refractivity contribution >= 4 is 17.0 Å². The van der Waals surface area contributed by atoms with Crippen molar-refractivity contribution < 1.29 is 9.21 Å². The average molecular weight is 368 g/mol. The van der Waals surface area contributed by atoms with Crippen LogP contribution in [0.15, 0.2) is 39.5 Å². The van der Waals surface area contributed by atoms with Crippen LogP contribution in [0.3, 0.4) is 0 Å². The molecule has 7 heteroatoms. The summed E-state index contributed by atoms with van der Waals surface area (Å²) in [4.78, 5) is 26.6. The minimum atomic E-state index is -0.482. The van der Waals surface area contributed by atoms with Crippen molar-refractivity contribution in [2.75, 3.05) is 13.1 Å². The maximum absolute atomic E-state index is 12.7. The van der Waals surface area contributed by atoms with E-state index in [0.29, 0.717) is 30.1 Å². The van der Waals surface area contributed by atoms with Crippen LogP contribution in [0.25, 0.3) is 11.1 Å². The van der Waals surface area contributed by atoms with Crippen LogP contribution in [0.5, 0.6) is 0 Å². The molecule has 142 valence electrons. The van der Waals surface area contributed by atoms with Crippen molar-refractivity contribution in [2.45, 2.75) is 39.8 Å². The Morgan fingerprint density at radius 2 is 1.96 bits per heavy atom. The molecule has 4 rings (SSSR count). The van der Waals surface area contributed by atoms with Gasteiger partial charge in [-0.15, -0.1) is 0 Å². The first-order valence-electron chi connectivity index (χ1n) is 9.38.